The van der Waals surface area contributed by atoms with Gasteiger partial charge in [0.25, 0.3) is 11.6 Å². The number of nitriles is 1. The molecule has 0 fully saturated rings. The smallest absolute Gasteiger partial charge is 0.362 e. The van der Waals surface area contributed by atoms with Crippen molar-refractivity contribution in [1.29, 1.82) is 5.26 Å². The summed E-state index contributed by atoms with van der Waals surface area (Å²) >= 11 is 0. The molecule has 0 saturated heterocycles. The van der Waals surface area contributed by atoms with Crippen molar-refractivity contribution in [1.82, 2.24) is 5.01 Å². The van der Waals surface area contributed by atoms with Crippen LogP contribution in [0.5, 0.6) is 0 Å². The van der Waals surface area contributed by atoms with E-state index >= 15 is 0 Å². The van der Waals surface area contributed by atoms with Crippen molar-refractivity contribution in [3.05, 3.63) is 0 Å². The molecule has 1 N–H and O–H groups in total. The third kappa shape index (κ3) is 3.28. The zero-order chi connectivity index (χ0) is 15.6. The van der Waals surface area contributed by atoms with Gasteiger partial charge in [0.1, 0.15) is 6.42 Å². The molecule has 0 aromatic carbocycles. The first-order valence-electron chi connectivity index (χ1n) is 6.17. The van der Waals surface area contributed by atoms with E-state index in [1.54, 1.807) is 0 Å². The van der Waals surface area contributed by atoms with Gasteiger partial charge in [0, 0.05) is 12.1 Å². The largest absolute Gasteiger partial charge is 0.438 e. The normalized spacial score (nSPS) is 22.9. The molecule has 0 aromatic heterocycles. The van der Waals surface area contributed by atoms with Crippen molar-refractivity contribution in [2.75, 3.05) is 0 Å². The molecule has 0 radical (unpaired) electrons. The number of halogens is 3. The van der Waals surface area contributed by atoms with E-state index < -0.39 is 30.7 Å². The molecule has 1 heterocycles. The second-order valence-corrected chi connectivity index (χ2v) is 5.13. The number of hydrazone groups is 1. The summed E-state index contributed by atoms with van der Waals surface area (Å²) in [7, 11) is 0. The predicted octanol–water partition coefficient (Wildman–Crippen LogP) is 2.18. The Morgan fingerprint density at radius 2 is 2.20 bits per heavy atom. The van der Waals surface area contributed by atoms with E-state index in [1.807, 2.05) is 13.8 Å². The third-order valence-corrected chi connectivity index (χ3v) is 2.97. The van der Waals surface area contributed by atoms with Crippen LogP contribution in [0.3, 0.4) is 0 Å². The van der Waals surface area contributed by atoms with E-state index in [0.717, 1.165) is 0 Å². The Kier molecular flexibility index (Phi) is 4.76. The lowest BCUT2D eigenvalue weighted by molar-refractivity contribution is -0.302. The van der Waals surface area contributed by atoms with Crippen molar-refractivity contribution >= 4 is 11.6 Å². The van der Waals surface area contributed by atoms with Crippen molar-refractivity contribution in [3.63, 3.8) is 0 Å². The number of amides is 1. The lowest BCUT2D eigenvalue weighted by Gasteiger charge is -2.32. The van der Waals surface area contributed by atoms with E-state index in [-0.39, 0.29) is 23.1 Å². The molecular weight excluding hydrogens is 275 g/mol. The van der Waals surface area contributed by atoms with Crippen LogP contribution < -0.4 is 0 Å². The molecule has 0 bridgehead atoms. The van der Waals surface area contributed by atoms with Crippen LogP contribution in [0.25, 0.3) is 0 Å². The summed E-state index contributed by atoms with van der Waals surface area (Å²) in [6.45, 7) is 3.81. The number of alkyl halides is 3. The number of carbonyl (C=O) groups excluding carboxylic acids is 1. The Balaban J connectivity index is 2.98. The minimum atomic E-state index is -5.03. The van der Waals surface area contributed by atoms with Crippen molar-refractivity contribution in [3.8, 4) is 6.07 Å². The Bertz CT molecular complexity index is 454. The highest BCUT2D eigenvalue weighted by Gasteiger charge is 2.62. The summed E-state index contributed by atoms with van der Waals surface area (Å²) in [5, 5.41) is 21.8. The van der Waals surface area contributed by atoms with Crippen LogP contribution in [-0.2, 0) is 4.79 Å². The van der Waals surface area contributed by atoms with Crippen LogP contribution in [0.1, 0.15) is 39.5 Å². The van der Waals surface area contributed by atoms with E-state index in [2.05, 4.69) is 5.10 Å². The fourth-order valence-corrected chi connectivity index (χ4v) is 1.84. The second-order valence-electron chi connectivity index (χ2n) is 5.13. The lowest BCUT2D eigenvalue weighted by Crippen LogP contribution is -2.56. The van der Waals surface area contributed by atoms with Gasteiger partial charge in [0.15, 0.2) is 0 Å². The Morgan fingerprint density at radius 3 is 2.65 bits per heavy atom. The summed E-state index contributed by atoms with van der Waals surface area (Å²) in [6, 6.07) is 1.46. The third-order valence-electron chi connectivity index (χ3n) is 2.97. The van der Waals surface area contributed by atoms with Gasteiger partial charge in [-0.25, -0.2) is 0 Å². The number of hydrogen-bond acceptors (Lipinski definition) is 4. The molecule has 0 unspecified atom stereocenters. The number of carbonyl (C=O) groups is 1. The molecule has 0 aliphatic carbocycles. The van der Waals surface area contributed by atoms with E-state index in [4.69, 9.17) is 5.26 Å². The predicted molar refractivity (Wildman–Crippen MR) is 64.2 cm³/mol. The van der Waals surface area contributed by atoms with Crippen LogP contribution in [0, 0.1) is 17.2 Å². The number of rotatable bonds is 4. The molecule has 8 heteroatoms. The van der Waals surface area contributed by atoms with Gasteiger partial charge in [-0.1, -0.05) is 13.8 Å². The lowest BCUT2D eigenvalue weighted by atomic mass is 9.99. The molecule has 20 heavy (non-hydrogen) atoms. The molecule has 1 amide bonds. The van der Waals surface area contributed by atoms with Crippen molar-refractivity contribution in [2.24, 2.45) is 11.0 Å². The van der Waals surface area contributed by atoms with Gasteiger partial charge in [-0.15, -0.1) is 0 Å². The molecule has 1 atom stereocenters. The highest BCUT2D eigenvalue weighted by atomic mass is 19.4. The van der Waals surface area contributed by atoms with Crippen LogP contribution in [0.2, 0.25) is 0 Å². The maximum atomic E-state index is 13.0. The van der Waals surface area contributed by atoms with Crippen LogP contribution >= 0.6 is 0 Å². The van der Waals surface area contributed by atoms with E-state index in [1.165, 1.54) is 6.07 Å². The van der Waals surface area contributed by atoms with E-state index in [0.29, 0.717) is 6.42 Å². The maximum absolute atomic E-state index is 13.0. The van der Waals surface area contributed by atoms with Crippen molar-refractivity contribution < 1.29 is 23.1 Å². The fourth-order valence-electron chi connectivity index (χ4n) is 1.84. The van der Waals surface area contributed by atoms with Gasteiger partial charge < -0.3 is 5.11 Å². The average molecular weight is 291 g/mol. The van der Waals surface area contributed by atoms with Gasteiger partial charge in [0.05, 0.1) is 6.07 Å². The Hall–Kier alpha value is -1.62. The molecule has 1 aliphatic heterocycles. The minimum Gasteiger partial charge on any atom is -0.362 e. The Morgan fingerprint density at radius 1 is 1.60 bits per heavy atom. The van der Waals surface area contributed by atoms with Gasteiger partial charge in [0.2, 0.25) is 0 Å². The van der Waals surface area contributed by atoms with Gasteiger partial charge in [-0.05, 0) is 18.8 Å². The summed E-state index contributed by atoms with van der Waals surface area (Å²) < 4.78 is 38.9. The Labute approximate surface area is 114 Å². The maximum Gasteiger partial charge on any atom is 0.438 e. The molecule has 1 aliphatic rings. The zero-order valence-electron chi connectivity index (χ0n) is 11.2. The second kappa shape index (κ2) is 5.79. The van der Waals surface area contributed by atoms with Crippen LogP contribution in [0.15, 0.2) is 5.10 Å². The summed E-state index contributed by atoms with van der Waals surface area (Å²) in [6.07, 6.45) is -5.68. The quantitative estimate of drug-likeness (QED) is 0.862. The highest BCUT2D eigenvalue weighted by Crippen LogP contribution is 2.41. The number of aliphatic hydroxyl groups is 1. The molecular formula is C12H16F3N3O2. The van der Waals surface area contributed by atoms with E-state index in [9.17, 15) is 23.1 Å². The first-order valence-corrected chi connectivity index (χ1v) is 6.17. The number of hydrogen-bond donors (Lipinski definition) is 1. The van der Waals surface area contributed by atoms with Gasteiger partial charge in [-0.3, -0.25) is 4.79 Å². The average Bonchev–Trinajstić information content (AvgIpc) is 2.65. The molecule has 112 valence electrons. The summed E-state index contributed by atoms with van der Waals surface area (Å²) in [5.41, 5.74) is -3.22. The molecule has 0 spiro atoms. The molecule has 0 saturated carbocycles. The first-order chi connectivity index (χ1) is 9.11. The van der Waals surface area contributed by atoms with Gasteiger partial charge >= 0.3 is 6.18 Å². The topological polar surface area (TPSA) is 76.7 Å². The first kappa shape index (κ1) is 16.4. The summed E-state index contributed by atoms with van der Waals surface area (Å²) in [4.78, 5) is 11.5. The van der Waals surface area contributed by atoms with Crippen molar-refractivity contribution in [2.45, 2.75) is 51.4 Å². The fraction of sp³-hybridized carbons (Fsp3) is 0.750. The monoisotopic (exact) mass is 291 g/mol. The molecule has 0 aromatic rings. The summed E-state index contributed by atoms with van der Waals surface area (Å²) in [5.74, 6) is -0.896. The molecule has 1 rings (SSSR count). The number of nitrogens with zero attached hydrogens (tertiary/aromatic N) is 3. The standard InChI is InChI=1S/C12H16F3N3O2/c1-8(2)3-4-9-7-11(20,12(13,14)15)18(17-9)10(19)5-6-16/h8,20H,3-5,7H2,1-2H3/t11-/m1/s1. The SMILES string of the molecule is CC(C)CCC1=NN(C(=O)CC#N)[C@](O)(C(F)(F)F)C1. The zero-order valence-corrected chi connectivity index (χ0v) is 11.2. The van der Waals surface area contributed by atoms with Crippen LogP contribution in [0.4, 0.5) is 13.2 Å². The minimum absolute atomic E-state index is 0.00583. The van der Waals surface area contributed by atoms with Gasteiger partial charge in [-0.2, -0.15) is 28.5 Å². The highest BCUT2D eigenvalue weighted by molar-refractivity contribution is 5.91. The molecule has 5 nitrogen and oxygen atoms in total. The van der Waals surface area contributed by atoms with Crippen LogP contribution in [-0.4, -0.2) is 33.6 Å².